The summed E-state index contributed by atoms with van der Waals surface area (Å²) in [5.74, 6) is -0.516. The molecule has 0 saturated heterocycles. The van der Waals surface area contributed by atoms with Crippen LogP contribution in [0.15, 0.2) is 77.8 Å². The molecule has 0 amide bonds. The van der Waals surface area contributed by atoms with Crippen LogP contribution in [0.3, 0.4) is 0 Å². The van der Waals surface area contributed by atoms with Crippen molar-refractivity contribution in [2.45, 2.75) is 0 Å². The fourth-order valence-electron chi connectivity index (χ4n) is 2.50. The molecule has 0 heterocycles. The fourth-order valence-corrected chi connectivity index (χ4v) is 2.50. The third-order valence-corrected chi connectivity index (χ3v) is 3.99. The molecule has 130 valence electrons. The number of aliphatic imine (C=N–C) groups is 1. The van der Waals surface area contributed by atoms with Gasteiger partial charge in [0.2, 0.25) is 0 Å². The molecule has 0 atom stereocenters. The first-order valence-corrected chi connectivity index (χ1v) is 8.25. The van der Waals surface area contributed by atoms with Crippen LogP contribution in [0.2, 0.25) is 0 Å². The van der Waals surface area contributed by atoms with Gasteiger partial charge < -0.3 is 4.90 Å². The lowest BCUT2D eigenvalue weighted by atomic mass is 10.0. The second-order valence-electron chi connectivity index (χ2n) is 6.13. The molecule has 0 aliphatic rings. The number of benzene rings is 3. The van der Waals surface area contributed by atoms with Gasteiger partial charge in [-0.3, -0.25) is 9.79 Å². The normalized spacial score (nSPS) is 10.9. The molecular weight excluding hydrogens is 327 g/mol. The summed E-state index contributed by atoms with van der Waals surface area (Å²) in [5.41, 5.74) is 3.76. The van der Waals surface area contributed by atoms with Gasteiger partial charge in [0.05, 0.1) is 5.69 Å². The highest BCUT2D eigenvalue weighted by atomic mass is 19.1. The molecule has 3 nitrogen and oxygen atoms in total. The second-order valence-corrected chi connectivity index (χ2v) is 6.13. The number of carbonyl (C=O) groups excluding carboxylic acids is 1. The van der Waals surface area contributed by atoms with Crippen molar-refractivity contribution < 1.29 is 9.18 Å². The molecule has 3 rings (SSSR count). The highest BCUT2D eigenvalue weighted by Gasteiger charge is 2.09. The van der Waals surface area contributed by atoms with Crippen LogP contribution in [0.5, 0.6) is 0 Å². The summed E-state index contributed by atoms with van der Waals surface area (Å²) in [6.45, 7) is 0. The molecule has 0 fully saturated rings. The van der Waals surface area contributed by atoms with Crippen molar-refractivity contribution in [1.82, 2.24) is 0 Å². The summed E-state index contributed by atoms with van der Waals surface area (Å²) >= 11 is 0. The molecule has 26 heavy (non-hydrogen) atoms. The van der Waals surface area contributed by atoms with Gasteiger partial charge in [-0.25, -0.2) is 4.39 Å². The number of hydrogen-bond acceptors (Lipinski definition) is 3. The van der Waals surface area contributed by atoms with Gasteiger partial charge in [-0.15, -0.1) is 0 Å². The average molecular weight is 346 g/mol. The molecule has 4 heteroatoms. The van der Waals surface area contributed by atoms with Crippen molar-refractivity contribution in [2.24, 2.45) is 4.99 Å². The average Bonchev–Trinajstić information content (AvgIpc) is 2.67. The van der Waals surface area contributed by atoms with Crippen molar-refractivity contribution in [3.05, 3.63) is 95.3 Å². The van der Waals surface area contributed by atoms with E-state index >= 15 is 0 Å². The summed E-state index contributed by atoms with van der Waals surface area (Å²) < 4.78 is 13.0. The van der Waals surface area contributed by atoms with Crippen LogP contribution in [0.1, 0.15) is 21.5 Å². The molecule has 0 saturated carbocycles. The van der Waals surface area contributed by atoms with Gasteiger partial charge in [0.25, 0.3) is 0 Å². The maximum atomic E-state index is 13.0. The van der Waals surface area contributed by atoms with Gasteiger partial charge in [-0.1, -0.05) is 24.3 Å². The molecule has 0 unspecified atom stereocenters. The standard InChI is InChI=1S/C22H19FN2O/c1-25(2)21-12-6-16(7-13-21)15-24-20-5-3-4-18(14-20)22(26)17-8-10-19(23)11-9-17/h3-15H,1-2H3. The van der Waals surface area contributed by atoms with Crippen LogP contribution in [0.25, 0.3) is 0 Å². The Morgan fingerprint density at radius 3 is 2.27 bits per heavy atom. The number of nitrogens with zero attached hydrogens (tertiary/aromatic N) is 2. The maximum Gasteiger partial charge on any atom is 0.193 e. The molecule has 0 N–H and O–H groups in total. The molecule has 0 aliphatic carbocycles. The predicted octanol–water partition coefficient (Wildman–Crippen LogP) is 4.87. The minimum Gasteiger partial charge on any atom is -0.378 e. The molecule has 0 aromatic heterocycles. The van der Waals surface area contributed by atoms with Crippen LogP contribution in [-0.4, -0.2) is 26.1 Å². The molecule has 0 spiro atoms. The Kier molecular flexibility index (Phi) is 5.23. The first-order valence-electron chi connectivity index (χ1n) is 8.25. The van der Waals surface area contributed by atoms with E-state index in [4.69, 9.17) is 0 Å². The zero-order valence-electron chi connectivity index (χ0n) is 14.7. The number of anilines is 1. The summed E-state index contributed by atoms with van der Waals surface area (Å²) in [4.78, 5) is 19.0. The predicted molar refractivity (Wildman–Crippen MR) is 104 cm³/mol. The van der Waals surface area contributed by atoms with E-state index in [1.54, 1.807) is 24.4 Å². The lowest BCUT2D eigenvalue weighted by Gasteiger charge is -2.11. The Morgan fingerprint density at radius 2 is 1.62 bits per heavy atom. The topological polar surface area (TPSA) is 32.7 Å². The lowest BCUT2D eigenvalue weighted by Crippen LogP contribution is -2.08. The van der Waals surface area contributed by atoms with E-state index in [0.717, 1.165) is 11.3 Å². The van der Waals surface area contributed by atoms with Crippen LogP contribution >= 0.6 is 0 Å². The number of ketones is 1. The summed E-state index contributed by atoms with van der Waals surface area (Å²) in [6, 6.07) is 20.7. The largest absolute Gasteiger partial charge is 0.378 e. The number of hydrogen-bond donors (Lipinski definition) is 0. The van der Waals surface area contributed by atoms with E-state index in [1.807, 2.05) is 49.3 Å². The van der Waals surface area contributed by atoms with Crippen LogP contribution in [0.4, 0.5) is 15.8 Å². The van der Waals surface area contributed by atoms with E-state index in [-0.39, 0.29) is 11.6 Å². The SMILES string of the molecule is CN(C)c1ccc(C=Nc2cccc(C(=O)c3ccc(F)cc3)c2)cc1. The van der Waals surface area contributed by atoms with Gasteiger partial charge in [-0.05, 0) is 54.1 Å². The van der Waals surface area contributed by atoms with Gasteiger partial charge in [0, 0.05) is 37.1 Å². The minimum absolute atomic E-state index is 0.155. The highest BCUT2D eigenvalue weighted by molar-refractivity contribution is 6.09. The third kappa shape index (κ3) is 4.22. The van der Waals surface area contributed by atoms with E-state index in [1.165, 1.54) is 24.3 Å². The Morgan fingerprint density at radius 1 is 0.923 bits per heavy atom. The monoisotopic (exact) mass is 346 g/mol. The van der Waals surface area contributed by atoms with Gasteiger partial charge >= 0.3 is 0 Å². The second kappa shape index (κ2) is 7.74. The van der Waals surface area contributed by atoms with E-state index in [9.17, 15) is 9.18 Å². The van der Waals surface area contributed by atoms with E-state index in [2.05, 4.69) is 4.99 Å². The molecule has 3 aromatic rings. The van der Waals surface area contributed by atoms with Crippen LogP contribution in [-0.2, 0) is 0 Å². The molecule has 0 aliphatic heterocycles. The van der Waals surface area contributed by atoms with Gasteiger partial charge in [0.1, 0.15) is 5.82 Å². The Bertz CT molecular complexity index is 929. The zero-order chi connectivity index (χ0) is 18.5. The highest BCUT2D eigenvalue weighted by Crippen LogP contribution is 2.18. The van der Waals surface area contributed by atoms with E-state index in [0.29, 0.717) is 16.8 Å². The zero-order valence-corrected chi connectivity index (χ0v) is 14.7. The van der Waals surface area contributed by atoms with Gasteiger partial charge in [0.15, 0.2) is 5.78 Å². The van der Waals surface area contributed by atoms with Crippen molar-refractivity contribution in [3.63, 3.8) is 0 Å². The van der Waals surface area contributed by atoms with Crippen LogP contribution < -0.4 is 4.90 Å². The quantitative estimate of drug-likeness (QED) is 0.487. The maximum absolute atomic E-state index is 13.0. The Balaban J connectivity index is 1.78. The van der Waals surface area contributed by atoms with Crippen molar-refractivity contribution in [2.75, 3.05) is 19.0 Å². The molecule has 0 bridgehead atoms. The summed E-state index contributed by atoms with van der Waals surface area (Å²) in [5, 5.41) is 0. The Labute approximate surface area is 152 Å². The summed E-state index contributed by atoms with van der Waals surface area (Å²) in [7, 11) is 3.99. The molecule has 0 radical (unpaired) electrons. The molecule has 3 aromatic carbocycles. The van der Waals surface area contributed by atoms with Crippen LogP contribution in [0, 0.1) is 5.82 Å². The number of carbonyl (C=O) groups is 1. The van der Waals surface area contributed by atoms with Crippen molar-refractivity contribution in [3.8, 4) is 0 Å². The Hall–Kier alpha value is -3.27. The molecular formula is C22H19FN2O. The summed E-state index contributed by atoms with van der Waals surface area (Å²) in [6.07, 6.45) is 1.76. The van der Waals surface area contributed by atoms with Gasteiger partial charge in [-0.2, -0.15) is 0 Å². The third-order valence-electron chi connectivity index (χ3n) is 3.99. The number of halogens is 1. The first-order chi connectivity index (χ1) is 12.5. The fraction of sp³-hybridized carbons (Fsp3) is 0.0909. The first kappa shape index (κ1) is 17.5. The minimum atomic E-state index is -0.361. The smallest absolute Gasteiger partial charge is 0.193 e. The van der Waals surface area contributed by atoms with Crippen molar-refractivity contribution in [1.29, 1.82) is 0 Å². The van der Waals surface area contributed by atoms with E-state index < -0.39 is 0 Å². The van der Waals surface area contributed by atoms with Crippen molar-refractivity contribution >= 4 is 23.4 Å². The number of rotatable bonds is 5. The lowest BCUT2D eigenvalue weighted by molar-refractivity contribution is 0.103.